The lowest BCUT2D eigenvalue weighted by molar-refractivity contribution is -0.306. The van der Waals surface area contributed by atoms with Crippen molar-refractivity contribution in [3.63, 3.8) is 0 Å². The lowest BCUT2D eigenvalue weighted by atomic mass is 9.98. The van der Waals surface area contributed by atoms with E-state index in [1.54, 1.807) is 45.2 Å². The molecule has 3 amide bonds. The van der Waals surface area contributed by atoms with E-state index in [0.717, 1.165) is 28.5 Å². The summed E-state index contributed by atoms with van der Waals surface area (Å²) in [6.07, 6.45) is -0.871. The van der Waals surface area contributed by atoms with Crippen LogP contribution in [0.25, 0.3) is 17.1 Å². The van der Waals surface area contributed by atoms with Crippen LogP contribution in [-0.2, 0) is 25.7 Å². The first-order valence-corrected chi connectivity index (χ1v) is 15.2. The Labute approximate surface area is 267 Å². The van der Waals surface area contributed by atoms with E-state index in [1.807, 2.05) is 25.1 Å². The number of nitrogens with one attached hydrogen (secondary N) is 1. The summed E-state index contributed by atoms with van der Waals surface area (Å²) < 4.78 is 48.6. The van der Waals surface area contributed by atoms with Crippen LogP contribution in [0.15, 0.2) is 71.7 Å². The number of alkyl halides is 3. The number of carbonyl (C=O) groups is 2. The summed E-state index contributed by atoms with van der Waals surface area (Å²) in [5.74, 6) is -0.0554. The van der Waals surface area contributed by atoms with Gasteiger partial charge in [-0.25, -0.2) is 19.9 Å². The Morgan fingerprint density at radius 3 is 2.65 bits per heavy atom. The average Bonchev–Trinajstić information content (AvgIpc) is 3.63. The fraction of sp³-hybridized carbons (Fsp3) is 0.323. The van der Waals surface area contributed by atoms with Crippen molar-refractivity contribution in [3.05, 3.63) is 83.4 Å². The number of benzene rings is 2. The molecule has 0 spiro atoms. The Bertz CT molecular complexity index is 1700. The molecule has 1 aromatic heterocycles. The monoisotopic (exact) mass is 656 g/mol. The fourth-order valence-corrected chi connectivity index (χ4v) is 5.78. The van der Waals surface area contributed by atoms with Gasteiger partial charge in [0.05, 0.1) is 18.0 Å². The molecule has 1 aliphatic heterocycles. The van der Waals surface area contributed by atoms with Gasteiger partial charge in [-0.2, -0.15) is 4.99 Å². The van der Waals surface area contributed by atoms with E-state index in [-0.39, 0.29) is 34.9 Å². The first kappa shape index (κ1) is 32.9. The number of hydrogen-bond acceptors (Lipinski definition) is 8. The molecule has 2 aliphatic rings. The molecule has 2 unspecified atom stereocenters. The second-order valence-corrected chi connectivity index (χ2v) is 11.6. The van der Waals surface area contributed by atoms with E-state index in [4.69, 9.17) is 9.57 Å². The number of hydrogen-bond donors (Lipinski definition) is 1. The number of nitrogens with zero attached hydrogens (tertiary/aromatic N) is 5. The summed E-state index contributed by atoms with van der Waals surface area (Å²) in [4.78, 5) is 40.8. The number of methoxy groups -OCH3 is 1. The lowest BCUT2D eigenvalue weighted by Crippen LogP contribution is -2.32. The molecule has 0 radical (unpaired) electrons. The van der Waals surface area contributed by atoms with Gasteiger partial charge in [0.15, 0.2) is 11.0 Å². The molecule has 0 saturated carbocycles. The van der Waals surface area contributed by atoms with Crippen LogP contribution in [-0.4, -0.2) is 51.1 Å². The van der Waals surface area contributed by atoms with E-state index in [0.29, 0.717) is 29.4 Å². The summed E-state index contributed by atoms with van der Waals surface area (Å²) in [5, 5.41) is 4.73. The van der Waals surface area contributed by atoms with Gasteiger partial charge in [-0.15, -0.1) is 18.3 Å². The summed E-state index contributed by atoms with van der Waals surface area (Å²) in [6.45, 7) is 5.74. The summed E-state index contributed by atoms with van der Waals surface area (Å²) in [5.41, 5.74) is 6.83. The average molecular weight is 657 g/mol. The van der Waals surface area contributed by atoms with Gasteiger partial charge in [-0.3, -0.25) is 14.5 Å². The molecule has 1 saturated heterocycles. The Balaban J connectivity index is 1.21. The highest BCUT2D eigenvalue weighted by molar-refractivity contribution is 8.15. The molecule has 242 valence electrons. The molecule has 2 aromatic carbocycles. The third-order valence-electron chi connectivity index (χ3n) is 7.16. The first-order valence-electron chi connectivity index (χ1n) is 14.2. The number of thioether (sulfide) groups is 1. The van der Waals surface area contributed by atoms with Crippen LogP contribution in [0.3, 0.4) is 0 Å². The maximum absolute atomic E-state index is 12.7. The minimum atomic E-state index is -4.73. The fourth-order valence-electron chi connectivity index (χ4n) is 4.92. The van der Waals surface area contributed by atoms with Gasteiger partial charge < -0.3 is 9.47 Å². The van der Waals surface area contributed by atoms with Crippen molar-refractivity contribution < 1.29 is 37.1 Å². The maximum Gasteiger partial charge on any atom is 0.572 e. The predicted molar refractivity (Wildman–Crippen MR) is 166 cm³/mol. The standard InChI is InChI=1S/C31H31F3N6O5S/c1-18-5-6-23(15-43-4)26(13-18)40-27(41)16-46-30(40)36-29(42)38-45-20(3)21-7-9-22(10-8-21)28-35-17-39(37-28)25-12-11-24(14-19(25)2)44-31(32,33)34/h5-13,17,19-20H,14-16H2,1-4H3,(H,38,42). The number of aromatic nitrogens is 3. The minimum Gasteiger partial charge on any atom is -0.410 e. The number of allylic oxidation sites excluding steroid dienone is 4. The first-order chi connectivity index (χ1) is 21.9. The second-order valence-electron chi connectivity index (χ2n) is 10.7. The van der Waals surface area contributed by atoms with E-state index in [9.17, 15) is 22.8 Å². The Kier molecular flexibility index (Phi) is 9.94. The van der Waals surface area contributed by atoms with Crippen LogP contribution < -0.4 is 10.4 Å². The number of urea groups is 1. The number of carbonyl (C=O) groups excluding carboxylic acids is 2. The molecule has 3 aromatic rings. The van der Waals surface area contributed by atoms with Crippen molar-refractivity contribution in [3.8, 4) is 11.4 Å². The lowest BCUT2D eigenvalue weighted by Gasteiger charge is -2.22. The van der Waals surface area contributed by atoms with Crippen molar-refractivity contribution in [1.82, 2.24) is 20.2 Å². The number of rotatable bonds is 9. The zero-order valence-electron chi connectivity index (χ0n) is 25.4. The molecule has 5 rings (SSSR count). The number of amidine groups is 1. The maximum atomic E-state index is 12.7. The number of ether oxygens (including phenoxy) is 2. The number of aliphatic imine (C=N–C) groups is 1. The van der Waals surface area contributed by atoms with E-state index >= 15 is 0 Å². The molecular weight excluding hydrogens is 625 g/mol. The van der Waals surface area contributed by atoms with Crippen LogP contribution in [0.1, 0.15) is 43.1 Å². The van der Waals surface area contributed by atoms with Gasteiger partial charge in [-0.1, -0.05) is 55.1 Å². The van der Waals surface area contributed by atoms with Gasteiger partial charge >= 0.3 is 12.4 Å². The number of anilines is 1. The van der Waals surface area contributed by atoms with E-state index in [1.165, 1.54) is 28.1 Å². The van der Waals surface area contributed by atoms with Crippen LogP contribution in [0, 0.1) is 12.8 Å². The van der Waals surface area contributed by atoms with Gasteiger partial charge in [0, 0.05) is 36.3 Å². The third kappa shape index (κ3) is 7.84. The Hall–Kier alpha value is -4.47. The number of hydroxylamine groups is 1. The van der Waals surface area contributed by atoms with Gasteiger partial charge in [0.2, 0.25) is 5.91 Å². The zero-order valence-corrected chi connectivity index (χ0v) is 26.2. The smallest absolute Gasteiger partial charge is 0.410 e. The highest BCUT2D eigenvalue weighted by Crippen LogP contribution is 2.33. The molecule has 1 fully saturated rings. The molecule has 15 heteroatoms. The Morgan fingerprint density at radius 2 is 1.96 bits per heavy atom. The summed E-state index contributed by atoms with van der Waals surface area (Å²) in [7, 11) is 1.57. The quantitative estimate of drug-likeness (QED) is 0.258. The number of amides is 3. The van der Waals surface area contributed by atoms with Crippen molar-refractivity contribution in [2.24, 2.45) is 10.9 Å². The summed E-state index contributed by atoms with van der Waals surface area (Å²) >= 11 is 1.16. The van der Waals surface area contributed by atoms with Crippen molar-refractivity contribution in [2.45, 2.75) is 46.3 Å². The van der Waals surface area contributed by atoms with E-state index in [2.05, 4.69) is 25.3 Å². The number of halogens is 3. The highest BCUT2D eigenvalue weighted by atomic mass is 32.2. The Morgan fingerprint density at radius 1 is 1.20 bits per heavy atom. The minimum absolute atomic E-state index is 0.0769. The SMILES string of the molecule is COCc1ccc(C)cc1N1C(=O)CSC1=NC(=O)NOC(C)c1ccc(-c2ncn(C3=CC=C(OC(F)(F)F)CC3C)n2)cc1. The van der Waals surface area contributed by atoms with Crippen LogP contribution in [0.5, 0.6) is 0 Å². The number of aryl methyl sites for hydroxylation is 1. The summed E-state index contributed by atoms with van der Waals surface area (Å²) in [6, 6.07) is 12.1. The normalized spacial score (nSPS) is 18.4. The van der Waals surface area contributed by atoms with Crippen molar-refractivity contribution >= 4 is 40.3 Å². The third-order valence-corrected chi connectivity index (χ3v) is 8.08. The van der Waals surface area contributed by atoms with Crippen LogP contribution >= 0.6 is 11.8 Å². The van der Waals surface area contributed by atoms with Gasteiger partial charge in [-0.05, 0) is 43.2 Å². The molecule has 46 heavy (non-hydrogen) atoms. The molecule has 2 atom stereocenters. The molecule has 11 nitrogen and oxygen atoms in total. The van der Waals surface area contributed by atoms with E-state index < -0.39 is 18.5 Å². The molecule has 1 aliphatic carbocycles. The largest absolute Gasteiger partial charge is 0.572 e. The zero-order chi connectivity index (χ0) is 33.0. The molecule has 0 bridgehead atoms. The highest BCUT2D eigenvalue weighted by Gasteiger charge is 2.34. The van der Waals surface area contributed by atoms with Crippen LogP contribution in [0.2, 0.25) is 0 Å². The molecular formula is C31H31F3N6O5S. The molecule has 1 N–H and O–H groups in total. The van der Waals surface area contributed by atoms with Gasteiger partial charge in [0.25, 0.3) is 0 Å². The predicted octanol–water partition coefficient (Wildman–Crippen LogP) is 6.54. The molecule has 2 heterocycles. The van der Waals surface area contributed by atoms with Crippen LogP contribution in [0.4, 0.5) is 23.7 Å². The second kappa shape index (κ2) is 13.9. The van der Waals surface area contributed by atoms with Crippen molar-refractivity contribution in [2.75, 3.05) is 17.8 Å². The van der Waals surface area contributed by atoms with Crippen molar-refractivity contribution in [1.29, 1.82) is 0 Å². The van der Waals surface area contributed by atoms with Gasteiger partial charge in [0.1, 0.15) is 18.2 Å². The topological polar surface area (TPSA) is 120 Å².